The fourth-order valence-electron chi connectivity index (χ4n) is 3.07. The molecule has 0 bridgehead atoms. The molecule has 0 aliphatic rings. The Kier molecular flexibility index (Phi) is 6.66. The average Bonchev–Trinajstić information content (AvgIpc) is 3.48. The van der Waals surface area contributed by atoms with Crippen molar-refractivity contribution in [2.75, 3.05) is 7.11 Å². The van der Waals surface area contributed by atoms with Crippen LogP contribution in [0, 0.1) is 10.1 Å². The first-order chi connectivity index (χ1) is 16.4. The lowest BCUT2D eigenvalue weighted by molar-refractivity contribution is -0.384. The molecule has 0 radical (unpaired) electrons. The molecule has 4 aromatic rings. The van der Waals surface area contributed by atoms with Gasteiger partial charge in [-0.2, -0.15) is 0 Å². The molecular formula is C22H15ClN4O6S. The van der Waals surface area contributed by atoms with Crippen LogP contribution in [0.2, 0.25) is 5.02 Å². The van der Waals surface area contributed by atoms with Crippen LogP contribution in [0.1, 0.15) is 5.69 Å². The molecular weight excluding hydrogens is 484 g/mol. The van der Waals surface area contributed by atoms with Crippen LogP contribution in [-0.2, 0) is 4.79 Å². The Morgan fingerprint density at radius 3 is 2.79 bits per heavy atom. The number of nitrogens with zero attached hydrogens (tertiary/aromatic N) is 4. The monoisotopic (exact) mass is 498 g/mol. The number of halogens is 1. The maximum absolute atomic E-state index is 11.9. The number of non-ortho nitro benzene ring substituents is 1. The quantitative estimate of drug-likeness (QED) is 0.148. The molecule has 0 amide bonds. The number of carboxylic acid groups (broad SMARTS) is 1. The van der Waals surface area contributed by atoms with E-state index in [1.165, 1.54) is 25.3 Å². The summed E-state index contributed by atoms with van der Waals surface area (Å²) in [5.41, 5.74) is 1.38. The van der Waals surface area contributed by atoms with Gasteiger partial charge in [-0.1, -0.05) is 17.7 Å². The molecule has 10 nitrogen and oxygen atoms in total. The summed E-state index contributed by atoms with van der Waals surface area (Å²) >= 11 is 6.82. The summed E-state index contributed by atoms with van der Waals surface area (Å²) in [6.45, 7) is 0. The zero-order valence-corrected chi connectivity index (χ0v) is 19.0. The van der Waals surface area contributed by atoms with Gasteiger partial charge >= 0.3 is 5.97 Å². The van der Waals surface area contributed by atoms with Crippen LogP contribution in [0.4, 0.5) is 5.69 Å². The first-order valence-corrected chi connectivity index (χ1v) is 10.8. The molecule has 0 fully saturated rings. The number of aromatic nitrogens is 3. The predicted octanol–water partition coefficient (Wildman–Crippen LogP) is 5.32. The van der Waals surface area contributed by atoms with Crippen LogP contribution in [0.3, 0.4) is 0 Å². The molecule has 2 aromatic heterocycles. The molecule has 12 heteroatoms. The van der Waals surface area contributed by atoms with Gasteiger partial charge in [0.15, 0.2) is 0 Å². The maximum Gasteiger partial charge on any atom is 0.342 e. The van der Waals surface area contributed by atoms with Crippen molar-refractivity contribution in [3.8, 4) is 22.9 Å². The number of benzene rings is 2. The van der Waals surface area contributed by atoms with Gasteiger partial charge in [0.2, 0.25) is 0 Å². The van der Waals surface area contributed by atoms with E-state index in [1.54, 1.807) is 53.2 Å². The Labute approximate surface area is 201 Å². The van der Waals surface area contributed by atoms with E-state index in [-0.39, 0.29) is 21.7 Å². The minimum atomic E-state index is -1.21. The largest absolute Gasteiger partial charge is 0.496 e. The first kappa shape index (κ1) is 23.1. The van der Waals surface area contributed by atoms with Gasteiger partial charge in [0.05, 0.1) is 23.3 Å². The Hall–Kier alpha value is -4.09. The maximum atomic E-state index is 11.9. The highest BCUT2D eigenvalue weighted by atomic mass is 35.5. The number of nitro benzene ring substituents is 1. The van der Waals surface area contributed by atoms with Gasteiger partial charge < -0.3 is 18.8 Å². The third kappa shape index (κ3) is 4.95. The highest BCUT2D eigenvalue weighted by Gasteiger charge is 2.19. The van der Waals surface area contributed by atoms with Crippen molar-refractivity contribution in [2.24, 2.45) is 0 Å². The fraction of sp³-hybridized carbons (Fsp3) is 0.0455. The SMILES string of the molecule is COc1ccc(Cl)cc1-c1nnc(S/C(=C\c2cccn2-c2cccc([N+](=O)[O-])c2)C(=O)O)o1. The third-order valence-corrected chi connectivity index (χ3v) is 5.67. The van der Waals surface area contributed by atoms with Crippen molar-refractivity contribution in [2.45, 2.75) is 5.22 Å². The van der Waals surface area contributed by atoms with Crippen LogP contribution >= 0.6 is 23.4 Å². The molecule has 0 spiro atoms. The Balaban J connectivity index is 1.65. The van der Waals surface area contributed by atoms with E-state index in [4.69, 9.17) is 20.8 Å². The summed E-state index contributed by atoms with van der Waals surface area (Å²) in [5.74, 6) is -0.628. The smallest absolute Gasteiger partial charge is 0.342 e. The van der Waals surface area contributed by atoms with Crippen LogP contribution < -0.4 is 4.74 Å². The minimum Gasteiger partial charge on any atom is -0.496 e. The molecule has 0 saturated heterocycles. The number of aliphatic carboxylic acids is 1. The lowest BCUT2D eigenvalue weighted by Gasteiger charge is -2.07. The zero-order valence-electron chi connectivity index (χ0n) is 17.4. The lowest BCUT2D eigenvalue weighted by Crippen LogP contribution is -2.00. The predicted molar refractivity (Wildman–Crippen MR) is 125 cm³/mol. The van der Waals surface area contributed by atoms with Crippen molar-refractivity contribution in [1.82, 2.24) is 14.8 Å². The molecule has 0 aliphatic carbocycles. The number of methoxy groups -OCH3 is 1. The van der Waals surface area contributed by atoms with Gasteiger partial charge in [-0.25, -0.2) is 4.79 Å². The number of carbonyl (C=O) groups is 1. The first-order valence-electron chi connectivity index (χ1n) is 9.58. The summed E-state index contributed by atoms with van der Waals surface area (Å²) in [4.78, 5) is 22.4. The average molecular weight is 499 g/mol. The second-order valence-electron chi connectivity index (χ2n) is 6.71. The third-order valence-electron chi connectivity index (χ3n) is 4.58. The summed E-state index contributed by atoms with van der Waals surface area (Å²) < 4.78 is 12.6. The van der Waals surface area contributed by atoms with Crippen molar-refractivity contribution in [3.05, 3.63) is 86.5 Å². The normalized spacial score (nSPS) is 11.4. The number of thioether (sulfide) groups is 1. The number of hydrogen-bond acceptors (Lipinski definition) is 8. The summed E-state index contributed by atoms with van der Waals surface area (Å²) in [6.07, 6.45) is 3.08. The Morgan fingerprint density at radius 2 is 2.06 bits per heavy atom. The standard InChI is InChI=1S/C22H15ClN4O6S/c1-32-18-8-7-13(23)10-17(18)20-24-25-22(33-20)34-19(21(28)29)12-15-6-3-9-26(15)14-4-2-5-16(11-14)27(30)31/h2-12H,1H3,(H,28,29)/b19-12-. The number of nitro groups is 1. The van der Waals surface area contributed by atoms with Gasteiger partial charge in [0, 0.05) is 29.0 Å². The number of carboxylic acids is 1. The lowest BCUT2D eigenvalue weighted by atomic mass is 10.2. The number of ether oxygens (including phenoxy) is 1. The molecule has 0 atom stereocenters. The van der Waals surface area contributed by atoms with Gasteiger partial charge in [-0.3, -0.25) is 10.1 Å². The molecule has 2 aromatic carbocycles. The Morgan fingerprint density at radius 1 is 1.24 bits per heavy atom. The molecule has 0 unspecified atom stereocenters. The van der Waals surface area contributed by atoms with Crippen LogP contribution in [-0.4, -0.2) is 37.9 Å². The van der Waals surface area contributed by atoms with E-state index in [9.17, 15) is 20.0 Å². The topological polar surface area (TPSA) is 134 Å². The summed E-state index contributed by atoms with van der Waals surface area (Å²) in [7, 11) is 1.49. The highest BCUT2D eigenvalue weighted by Crippen LogP contribution is 2.35. The van der Waals surface area contributed by atoms with Gasteiger partial charge in [-0.15, -0.1) is 10.2 Å². The second-order valence-corrected chi connectivity index (χ2v) is 8.14. The van der Waals surface area contributed by atoms with Crippen LogP contribution in [0.5, 0.6) is 5.75 Å². The summed E-state index contributed by atoms with van der Waals surface area (Å²) in [5, 5.41) is 29.2. The van der Waals surface area contributed by atoms with Gasteiger partial charge in [0.1, 0.15) is 10.7 Å². The molecule has 172 valence electrons. The zero-order chi connectivity index (χ0) is 24.2. The van der Waals surface area contributed by atoms with Crippen molar-refractivity contribution < 1.29 is 24.0 Å². The second kappa shape index (κ2) is 9.81. The number of rotatable bonds is 8. The van der Waals surface area contributed by atoms with E-state index >= 15 is 0 Å². The van der Waals surface area contributed by atoms with Gasteiger partial charge in [0.25, 0.3) is 16.8 Å². The van der Waals surface area contributed by atoms with E-state index in [1.807, 2.05) is 0 Å². The van der Waals surface area contributed by atoms with Crippen LogP contribution in [0.15, 0.2) is 75.3 Å². The van der Waals surface area contributed by atoms with E-state index in [2.05, 4.69) is 10.2 Å². The van der Waals surface area contributed by atoms with Crippen molar-refractivity contribution in [1.29, 1.82) is 0 Å². The molecule has 34 heavy (non-hydrogen) atoms. The van der Waals surface area contributed by atoms with Crippen LogP contribution in [0.25, 0.3) is 23.2 Å². The van der Waals surface area contributed by atoms with E-state index < -0.39 is 10.9 Å². The van der Waals surface area contributed by atoms with Gasteiger partial charge in [-0.05, 0) is 54.2 Å². The molecule has 1 N–H and O–H groups in total. The minimum absolute atomic E-state index is 0.000802. The van der Waals surface area contributed by atoms with E-state index in [0.717, 1.165) is 11.8 Å². The Bertz CT molecular complexity index is 1410. The van der Waals surface area contributed by atoms with Crippen molar-refractivity contribution in [3.63, 3.8) is 0 Å². The molecule has 4 rings (SSSR count). The summed E-state index contributed by atoms with van der Waals surface area (Å²) in [6, 6.07) is 14.3. The molecule has 2 heterocycles. The highest BCUT2D eigenvalue weighted by molar-refractivity contribution is 8.03. The molecule has 0 saturated carbocycles. The fourth-order valence-corrected chi connectivity index (χ4v) is 3.90. The van der Waals surface area contributed by atoms with Crippen molar-refractivity contribution >= 4 is 41.1 Å². The molecule has 0 aliphatic heterocycles. The number of hydrogen-bond donors (Lipinski definition) is 1. The van der Waals surface area contributed by atoms with E-state index in [0.29, 0.717) is 27.7 Å².